The van der Waals surface area contributed by atoms with E-state index < -0.39 is 17.4 Å². The lowest BCUT2D eigenvalue weighted by molar-refractivity contribution is -0.133. The molecule has 1 aromatic heterocycles. The number of carbonyl (C=O) groups is 3. The molecule has 1 aliphatic heterocycles. The summed E-state index contributed by atoms with van der Waals surface area (Å²) in [7, 11) is 0. The van der Waals surface area contributed by atoms with Crippen LogP contribution in [0.1, 0.15) is 34.8 Å². The molecule has 1 aromatic rings. The largest absolute Gasteiger partial charge is 0.476 e. The number of aromatic nitrogens is 2. The Kier molecular flexibility index (Phi) is 3.39. The normalized spacial score (nSPS) is 17.5. The van der Waals surface area contributed by atoms with Crippen molar-refractivity contribution in [3.63, 3.8) is 0 Å². The van der Waals surface area contributed by atoms with Crippen LogP contribution in [0.2, 0.25) is 0 Å². The third-order valence-electron chi connectivity index (χ3n) is 3.19. The molecule has 2 rings (SSSR count). The fourth-order valence-corrected chi connectivity index (χ4v) is 1.94. The van der Waals surface area contributed by atoms with Crippen LogP contribution in [0.15, 0.2) is 12.4 Å². The van der Waals surface area contributed by atoms with Gasteiger partial charge in [-0.15, -0.1) is 0 Å². The first kappa shape index (κ1) is 13.9. The predicted molar refractivity (Wildman–Crippen MR) is 67.1 cm³/mol. The number of aromatic carboxylic acids is 1. The minimum absolute atomic E-state index is 0.0118. The maximum absolute atomic E-state index is 12.3. The van der Waals surface area contributed by atoms with Crippen LogP contribution < -0.4 is 5.32 Å². The molecule has 0 spiro atoms. The van der Waals surface area contributed by atoms with Crippen molar-refractivity contribution in [1.82, 2.24) is 20.2 Å². The Morgan fingerprint density at radius 2 is 1.90 bits per heavy atom. The van der Waals surface area contributed by atoms with Crippen molar-refractivity contribution in [2.24, 2.45) is 0 Å². The van der Waals surface area contributed by atoms with Crippen LogP contribution in [0, 0.1) is 0 Å². The van der Waals surface area contributed by atoms with E-state index in [1.165, 1.54) is 4.90 Å². The molecule has 1 saturated heterocycles. The van der Waals surface area contributed by atoms with Gasteiger partial charge in [0.05, 0.1) is 12.4 Å². The number of rotatable bonds is 2. The van der Waals surface area contributed by atoms with Crippen LogP contribution in [-0.2, 0) is 4.79 Å². The maximum atomic E-state index is 12.3. The Hall–Kier alpha value is -2.51. The number of nitrogens with one attached hydrogen (secondary N) is 1. The highest BCUT2D eigenvalue weighted by molar-refractivity contribution is 5.98. The summed E-state index contributed by atoms with van der Waals surface area (Å²) in [6.45, 7) is 4.01. The first-order valence-electron chi connectivity index (χ1n) is 5.99. The number of nitrogens with zero attached hydrogens (tertiary/aromatic N) is 3. The molecule has 1 fully saturated rings. The van der Waals surface area contributed by atoms with E-state index in [0.29, 0.717) is 13.1 Å². The van der Waals surface area contributed by atoms with Gasteiger partial charge in [-0.3, -0.25) is 9.59 Å². The van der Waals surface area contributed by atoms with Crippen molar-refractivity contribution < 1.29 is 19.5 Å². The van der Waals surface area contributed by atoms with E-state index in [-0.39, 0.29) is 17.3 Å². The van der Waals surface area contributed by atoms with Crippen LogP contribution in [0.25, 0.3) is 0 Å². The molecule has 0 unspecified atom stereocenters. The number of hydrogen-bond acceptors (Lipinski definition) is 5. The van der Waals surface area contributed by atoms with E-state index in [4.69, 9.17) is 5.11 Å². The Labute approximate surface area is 114 Å². The van der Waals surface area contributed by atoms with Gasteiger partial charge in [0.25, 0.3) is 5.91 Å². The molecule has 1 aliphatic rings. The lowest BCUT2D eigenvalue weighted by Crippen LogP contribution is -2.63. The van der Waals surface area contributed by atoms with Crippen LogP contribution in [0.5, 0.6) is 0 Å². The van der Waals surface area contributed by atoms with Gasteiger partial charge in [0.2, 0.25) is 5.91 Å². The molecule has 8 heteroatoms. The lowest BCUT2D eigenvalue weighted by atomic mass is 9.98. The van der Waals surface area contributed by atoms with Gasteiger partial charge < -0.3 is 15.3 Å². The lowest BCUT2D eigenvalue weighted by Gasteiger charge is -2.40. The summed E-state index contributed by atoms with van der Waals surface area (Å²) in [4.78, 5) is 43.7. The van der Waals surface area contributed by atoms with Crippen molar-refractivity contribution >= 4 is 17.8 Å². The summed E-state index contributed by atoms with van der Waals surface area (Å²) >= 11 is 0. The molecule has 0 radical (unpaired) electrons. The summed E-state index contributed by atoms with van der Waals surface area (Å²) in [5.41, 5.74) is -1.21. The zero-order valence-electron chi connectivity index (χ0n) is 11.1. The first-order valence-corrected chi connectivity index (χ1v) is 5.99. The summed E-state index contributed by atoms with van der Waals surface area (Å²) in [6, 6.07) is 0. The Bertz CT molecular complexity index is 567. The van der Waals surface area contributed by atoms with Crippen molar-refractivity contribution in [3.8, 4) is 0 Å². The van der Waals surface area contributed by atoms with Crippen molar-refractivity contribution in [2.45, 2.75) is 19.4 Å². The van der Waals surface area contributed by atoms with Crippen LogP contribution >= 0.6 is 0 Å². The van der Waals surface area contributed by atoms with Gasteiger partial charge in [-0.25, -0.2) is 14.8 Å². The third kappa shape index (κ3) is 2.31. The second kappa shape index (κ2) is 4.87. The maximum Gasteiger partial charge on any atom is 0.356 e. The summed E-state index contributed by atoms with van der Waals surface area (Å²) in [6.07, 6.45) is 2.13. The van der Waals surface area contributed by atoms with Gasteiger partial charge in [-0.2, -0.15) is 0 Å². The van der Waals surface area contributed by atoms with Crippen molar-refractivity contribution in [3.05, 3.63) is 23.8 Å². The van der Waals surface area contributed by atoms with Crippen LogP contribution in [0.3, 0.4) is 0 Å². The smallest absolute Gasteiger partial charge is 0.356 e. The summed E-state index contributed by atoms with van der Waals surface area (Å²) < 4.78 is 0. The monoisotopic (exact) mass is 278 g/mol. The SMILES string of the molecule is CC1(C)C(=O)NCCN1C(=O)c1cnc(C(=O)O)cn1. The molecule has 2 heterocycles. The van der Waals surface area contributed by atoms with E-state index in [0.717, 1.165) is 12.4 Å². The number of hydrogen-bond donors (Lipinski definition) is 2. The fraction of sp³-hybridized carbons (Fsp3) is 0.417. The van der Waals surface area contributed by atoms with Crippen molar-refractivity contribution in [2.75, 3.05) is 13.1 Å². The van der Waals surface area contributed by atoms with E-state index in [9.17, 15) is 14.4 Å². The first-order chi connectivity index (χ1) is 9.34. The van der Waals surface area contributed by atoms with Gasteiger partial charge in [0.15, 0.2) is 5.69 Å². The topological polar surface area (TPSA) is 112 Å². The Balaban J connectivity index is 2.26. The number of piperazine rings is 1. The summed E-state index contributed by atoms with van der Waals surface area (Å²) in [5.74, 6) is -1.91. The second-order valence-electron chi connectivity index (χ2n) is 4.86. The molecular weight excluding hydrogens is 264 g/mol. The molecule has 20 heavy (non-hydrogen) atoms. The molecule has 0 saturated carbocycles. The molecule has 0 aliphatic carbocycles. The highest BCUT2D eigenvalue weighted by Crippen LogP contribution is 2.19. The van der Waals surface area contributed by atoms with Crippen LogP contribution in [0.4, 0.5) is 0 Å². The average molecular weight is 278 g/mol. The number of carboxylic acids is 1. The average Bonchev–Trinajstić information content (AvgIpc) is 2.41. The Morgan fingerprint density at radius 3 is 2.45 bits per heavy atom. The second-order valence-corrected chi connectivity index (χ2v) is 4.86. The predicted octanol–water partition coefficient (Wildman–Crippen LogP) is -0.475. The van der Waals surface area contributed by atoms with Crippen molar-refractivity contribution in [1.29, 1.82) is 0 Å². The summed E-state index contributed by atoms with van der Waals surface area (Å²) in [5, 5.41) is 11.4. The fourth-order valence-electron chi connectivity index (χ4n) is 1.94. The van der Waals surface area contributed by atoms with Gasteiger partial charge >= 0.3 is 5.97 Å². The van der Waals surface area contributed by atoms with E-state index in [2.05, 4.69) is 15.3 Å². The number of amides is 2. The van der Waals surface area contributed by atoms with Gasteiger partial charge in [-0.1, -0.05) is 0 Å². The standard InChI is InChI=1S/C12H14N4O4/c1-12(2)11(20)13-3-4-16(12)9(17)7-5-15-8(6-14-7)10(18)19/h5-6H,3-4H2,1-2H3,(H,13,20)(H,18,19). The van der Waals surface area contributed by atoms with Crippen LogP contribution in [-0.4, -0.2) is 56.4 Å². The third-order valence-corrected chi connectivity index (χ3v) is 3.19. The molecule has 106 valence electrons. The molecule has 2 amide bonds. The number of carboxylic acid groups (broad SMARTS) is 1. The minimum atomic E-state index is -1.21. The quantitative estimate of drug-likeness (QED) is 0.756. The van der Waals surface area contributed by atoms with Gasteiger partial charge in [0, 0.05) is 13.1 Å². The molecular formula is C12H14N4O4. The van der Waals surface area contributed by atoms with E-state index in [1.807, 2.05) is 0 Å². The van der Waals surface area contributed by atoms with Gasteiger partial charge in [-0.05, 0) is 13.8 Å². The molecule has 0 atom stereocenters. The molecule has 0 bridgehead atoms. The van der Waals surface area contributed by atoms with Gasteiger partial charge in [0.1, 0.15) is 11.2 Å². The zero-order chi connectivity index (χ0) is 14.9. The molecule has 2 N–H and O–H groups in total. The Morgan fingerprint density at radius 1 is 1.30 bits per heavy atom. The molecule has 8 nitrogen and oxygen atoms in total. The highest BCUT2D eigenvalue weighted by Gasteiger charge is 2.41. The number of carbonyl (C=O) groups excluding carboxylic acids is 2. The minimum Gasteiger partial charge on any atom is -0.476 e. The zero-order valence-corrected chi connectivity index (χ0v) is 11.1. The van der Waals surface area contributed by atoms with E-state index in [1.54, 1.807) is 13.8 Å². The highest BCUT2D eigenvalue weighted by atomic mass is 16.4. The molecule has 0 aromatic carbocycles. The van der Waals surface area contributed by atoms with E-state index >= 15 is 0 Å².